The van der Waals surface area contributed by atoms with Crippen LogP contribution in [0.1, 0.15) is 56.9 Å². The Morgan fingerprint density at radius 2 is 1.85 bits per heavy atom. The maximum Gasteiger partial charge on any atom is 0.243 e. The molecule has 1 amide bonds. The Kier molecular flexibility index (Phi) is 6.76. The lowest BCUT2D eigenvalue weighted by Gasteiger charge is -2.26. The van der Waals surface area contributed by atoms with Crippen LogP contribution in [0.4, 0.5) is 0 Å². The molecule has 0 bridgehead atoms. The van der Waals surface area contributed by atoms with Crippen molar-refractivity contribution in [2.45, 2.75) is 68.7 Å². The smallest absolute Gasteiger partial charge is 0.243 e. The Hall–Kier alpha value is -1.60. The molecule has 0 radical (unpaired) electrons. The molecule has 0 aromatic heterocycles. The van der Waals surface area contributed by atoms with Crippen molar-refractivity contribution in [1.82, 2.24) is 9.62 Å². The number of hydrogen-bond donors (Lipinski definition) is 1. The first-order chi connectivity index (χ1) is 13.0. The molecule has 3 rings (SSSR count). The fourth-order valence-corrected chi connectivity index (χ4v) is 5.55. The van der Waals surface area contributed by atoms with E-state index in [1.54, 1.807) is 29.6 Å². The Balaban J connectivity index is 1.70. The molecule has 1 heterocycles. The highest BCUT2D eigenvalue weighted by Gasteiger charge is 2.26. The van der Waals surface area contributed by atoms with Gasteiger partial charge in [0.15, 0.2) is 0 Å². The topological polar surface area (TPSA) is 75.7 Å². The minimum atomic E-state index is -3.49. The third kappa shape index (κ3) is 5.02. The van der Waals surface area contributed by atoms with Crippen LogP contribution in [0.5, 0.6) is 5.75 Å². The number of hydrogen-bond acceptors (Lipinski definition) is 4. The lowest BCUT2D eigenvalue weighted by atomic mass is 10.1. The Labute approximate surface area is 162 Å². The van der Waals surface area contributed by atoms with Gasteiger partial charge in [-0.05, 0) is 55.9 Å². The molecule has 0 unspecified atom stereocenters. The van der Waals surface area contributed by atoms with Crippen molar-refractivity contribution < 1.29 is 17.9 Å². The van der Waals surface area contributed by atoms with Crippen LogP contribution in [-0.2, 0) is 21.2 Å². The van der Waals surface area contributed by atoms with Crippen LogP contribution in [0.2, 0.25) is 0 Å². The average molecular weight is 395 g/mol. The summed E-state index contributed by atoms with van der Waals surface area (Å²) in [6.07, 6.45) is 8.15. The molecule has 6 nitrogen and oxygen atoms in total. The first-order valence-electron chi connectivity index (χ1n) is 9.97. The van der Waals surface area contributed by atoms with Gasteiger partial charge < -0.3 is 10.1 Å². The molecule has 1 aliphatic heterocycles. The van der Waals surface area contributed by atoms with Crippen LogP contribution >= 0.6 is 0 Å². The molecule has 1 saturated carbocycles. The number of benzene rings is 1. The first kappa shape index (κ1) is 20.1. The van der Waals surface area contributed by atoms with Crippen LogP contribution in [0.25, 0.3) is 0 Å². The second-order valence-electron chi connectivity index (χ2n) is 7.49. The third-order valence-electron chi connectivity index (χ3n) is 5.55. The molecule has 1 aliphatic carbocycles. The summed E-state index contributed by atoms with van der Waals surface area (Å²) in [5, 5.41) is 3.08. The van der Waals surface area contributed by atoms with Gasteiger partial charge in [-0.25, -0.2) is 8.42 Å². The van der Waals surface area contributed by atoms with Gasteiger partial charge in [0.05, 0.1) is 12.0 Å². The molecule has 2 aliphatic rings. The van der Waals surface area contributed by atoms with Crippen molar-refractivity contribution >= 4 is 15.9 Å². The van der Waals surface area contributed by atoms with E-state index in [1.165, 1.54) is 12.8 Å². The molecule has 1 saturated heterocycles. The summed E-state index contributed by atoms with van der Waals surface area (Å²) in [6.45, 7) is 1.15. The van der Waals surface area contributed by atoms with Gasteiger partial charge in [0.25, 0.3) is 0 Å². The average Bonchev–Trinajstić information content (AvgIpc) is 3.19. The van der Waals surface area contributed by atoms with E-state index in [4.69, 9.17) is 4.74 Å². The molecule has 27 heavy (non-hydrogen) atoms. The summed E-state index contributed by atoms with van der Waals surface area (Å²) in [7, 11) is -1.92. The van der Waals surface area contributed by atoms with Gasteiger partial charge in [0, 0.05) is 25.6 Å². The number of nitrogens with one attached hydrogen (secondary N) is 1. The predicted molar refractivity (Wildman–Crippen MR) is 104 cm³/mol. The van der Waals surface area contributed by atoms with Crippen LogP contribution in [0.15, 0.2) is 23.1 Å². The molecule has 2 fully saturated rings. The molecule has 0 atom stereocenters. The molecule has 1 aromatic rings. The van der Waals surface area contributed by atoms with Gasteiger partial charge in [-0.15, -0.1) is 0 Å². The molecule has 1 aromatic carbocycles. The highest BCUT2D eigenvalue weighted by atomic mass is 32.2. The van der Waals surface area contributed by atoms with Crippen molar-refractivity contribution in [2.75, 3.05) is 20.2 Å². The minimum absolute atomic E-state index is 0.0215. The number of rotatable bonds is 7. The fraction of sp³-hybridized carbons (Fsp3) is 0.650. The van der Waals surface area contributed by atoms with E-state index in [2.05, 4.69) is 5.32 Å². The highest BCUT2D eigenvalue weighted by molar-refractivity contribution is 7.89. The molecule has 0 spiro atoms. The van der Waals surface area contributed by atoms with Gasteiger partial charge >= 0.3 is 0 Å². The Morgan fingerprint density at radius 3 is 2.52 bits per heavy atom. The lowest BCUT2D eigenvalue weighted by molar-refractivity contribution is -0.121. The van der Waals surface area contributed by atoms with Crippen LogP contribution in [-0.4, -0.2) is 44.9 Å². The standard InChI is InChI=1S/C20H30N2O4S/c1-26-19-11-10-18(27(24,25)22-13-5-2-6-14-22)15-16(19)9-12-20(23)21-17-7-3-4-8-17/h10-11,15,17H,2-9,12-14H2,1H3,(H,21,23). The number of aryl methyl sites for hydroxylation is 1. The summed E-state index contributed by atoms with van der Waals surface area (Å²) >= 11 is 0. The van der Waals surface area contributed by atoms with E-state index >= 15 is 0 Å². The van der Waals surface area contributed by atoms with Crippen molar-refractivity contribution in [2.24, 2.45) is 0 Å². The second kappa shape index (κ2) is 9.06. The summed E-state index contributed by atoms with van der Waals surface area (Å²) in [6, 6.07) is 5.27. The zero-order valence-corrected chi connectivity index (χ0v) is 16.9. The van der Waals surface area contributed by atoms with Gasteiger partial charge in [-0.2, -0.15) is 4.31 Å². The SMILES string of the molecule is COc1ccc(S(=O)(=O)N2CCCCC2)cc1CCC(=O)NC1CCCC1. The van der Waals surface area contributed by atoms with Gasteiger partial charge in [0.2, 0.25) is 15.9 Å². The van der Waals surface area contributed by atoms with Crippen molar-refractivity contribution in [1.29, 1.82) is 0 Å². The fourth-order valence-electron chi connectivity index (χ4n) is 3.98. The van der Waals surface area contributed by atoms with Crippen LogP contribution < -0.4 is 10.1 Å². The largest absolute Gasteiger partial charge is 0.496 e. The maximum absolute atomic E-state index is 12.9. The molecule has 150 valence electrons. The zero-order valence-electron chi connectivity index (χ0n) is 16.1. The monoisotopic (exact) mass is 394 g/mol. The Morgan fingerprint density at radius 1 is 1.15 bits per heavy atom. The molecular formula is C20H30N2O4S. The first-order valence-corrected chi connectivity index (χ1v) is 11.4. The maximum atomic E-state index is 12.9. The third-order valence-corrected chi connectivity index (χ3v) is 7.44. The van der Waals surface area contributed by atoms with Gasteiger partial charge in [-0.3, -0.25) is 4.79 Å². The molecule has 7 heteroatoms. The number of carbonyl (C=O) groups excluding carboxylic acids is 1. The second-order valence-corrected chi connectivity index (χ2v) is 9.43. The quantitative estimate of drug-likeness (QED) is 0.772. The zero-order chi connectivity index (χ0) is 19.3. The lowest BCUT2D eigenvalue weighted by Crippen LogP contribution is -2.35. The number of methoxy groups -OCH3 is 1. The summed E-state index contributed by atoms with van der Waals surface area (Å²) in [5.41, 5.74) is 0.761. The number of ether oxygens (including phenoxy) is 1. The summed E-state index contributed by atoms with van der Waals surface area (Å²) < 4.78 is 32.8. The minimum Gasteiger partial charge on any atom is -0.496 e. The van der Waals surface area contributed by atoms with E-state index in [9.17, 15) is 13.2 Å². The van der Waals surface area contributed by atoms with E-state index in [0.717, 1.165) is 37.7 Å². The van der Waals surface area contributed by atoms with E-state index < -0.39 is 10.0 Å². The van der Waals surface area contributed by atoms with Crippen LogP contribution in [0.3, 0.4) is 0 Å². The molecular weight excluding hydrogens is 364 g/mol. The molecule has 1 N–H and O–H groups in total. The number of sulfonamides is 1. The highest BCUT2D eigenvalue weighted by Crippen LogP contribution is 2.27. The summed E-state index contributed by atoms with van der Waals surface area (Å²) in [4.78, 5) is 12.5. The van der Waals surface area contributed by atoms with E-state index in [-0.39, 0.29) is 10.8 Å². The number of amides is 1. The van der Waals surface area contributed by atoms with Crippen LogP contribution in [0, 0.1) is 0 Å². The van der Waals surface area contributed by atoms with E-state index in [0.29, 0.717) is 37.7 Å². The summed E-state index contributed by atoms with van der Waals surface area (Å²) in [5.74, 6) is 0.648. The van der Waals surface area contributed by atoms with Gasteiger partial charge in [-0.1, -0.05) is 19.3 Å². The number of piperidine rings is 1. The predicted octanol–water partition coefficient (Wildman–Crippen LogP) is 2.86. The Bertz CT molecular complexity index is 751. The number of nitrogens with zero attached hydrogens (tertiary/aromatic N) is 1. The van der Waals surface area contributed by atoms with Crippen molar-refractivity contribution in [3.8, 4) is 5.75 Å². The van der Waals surface area contributed by atoms with E-state index in [1.807, 2.05) is 0 Å². The van der Waals surface area contributed by atoms with Crippen molar-refractivity contribution in [3.63, 3.8) is 0 Å². The normalized spacial score (nSPS) is 19.1. The number of carbonyl (C=O) groups is 1. The van der Waals surface area contributed by atoms with Gasteiger partial charge in [0.1, 0.15) is 5.75 Å². The van der Waals surface area contributed by atoms with Crippen molar-refractivity contribution in [3.05, 3.63) is 23.8 Å².